The predicted octanol–water partition coefficient (Wildman–Crippen LogP) is 2.17. The smallest absolute Gasteiger partial charge is 0.244 e. The molecule has 0 saturated carbocycles. The Bertz CT molecular complexity index is 604. The maximum Gasteiger partial charge on any atom is 0.244 e. The summed E-state index contributed by atoms with van der Waals surface area (Å²) in [5, 5.41) is 0.303. The number of ether oxygens (including phenoxy) is 1. The molecule has 3 N–H and O–H groups in total. The number of rotatable bonds is 5. The largest absolute Gasteiger partial charge is 0.495 e. The molecule has 0 amide bonds. The molecule has 0 aromatic heterocycles. The van der Waals surface area contributed by atoms with Crippen LogP contribution in [0.3, 0.4) is 0 Å². The molecule has 1 heterocycles. The van der Waals surface area contributed by atoms with Crippen LogP contribution in [0.25, 0.3) is 0 Å². The number of nitrogen functional groups attached to an aromatic ring is 1. The van der Waals surface area contributed by atoms with E-state index in [2.05, 4.69) is 20.7 Å². The molecule has 0 aliphatic carbocycles. The van der Waals surface area contributed by atoms with Crippen LogP contribution < -0.4 is 15.2 Å². The molecule has 1 aliphatic heterocycles. The SMILES string of the molecule is COc1cc(Br)c(N)cc1S(=O)(=O)NCC1CSCCS1. The van der Waals surface area contributed by atoms with Crippen LogP contribution >= 0.6 is 39.5 Å². The van der Waals surface area contributed by atoms with Gasteiger partial charge in [0, 0.05) is 39.2 Å². The Labute approximate surface area is 141 Å². The van der Waals surface area contributed by atoms with Gasteiger partial charge in [-0.15, -0.1) is 0 Å². The van der Waals surface area contributed by atoms with Crippen LogP contribution in [0, 0.1) is 0 Å². The molecule has 5 nitrogen and oxygen atoms in total. The lowest BCUT2D eigenvalue weighted by Crippen LogP contribution is -2.33. The van der Waals surface area contributed by atoms with Crippen LogP contribution in [0.5, 0.6) is 5.75 Å². The third kappa shape index (κ3) is 4.44. The van der Waals surface area contributed by atoms with E-state index < -0.39 is 10.0 Å². The van der Waals surface area contributed by atoms with Crippen molar-refractivity contribution >= 4 is 55.2 Å². The van der Waals surface area contributed by atoms with Crippen LogP contribution in [0.15, 0.2) is 21.5 Å². The van der Waals surface area contributed by atoms with Crippen molar-refractivity contribution in [1.82, 2.24) is 4.72 Å². The van der Waals surface area contributed by atoms with Crippen molar-refractivity contribution in [3.8, 4) is 5.75 Å². The third-order valence-electron chi connectivity index (χ3n) is 2.96. The summed E-state index contributed by atoms with van der Waals surface area (Å²) in [6, 6.07) is 2.98. The summed E-state index contributed by atoms with van der Waals surface area (Å²) in [6.45, 7) is 0.416. The van der Waals surface area contributed by atoms with Gasteiger partial charge in [0.2, 0.25) is 10.0 Å². The Hall–Kier alpha value is -0.0900. The summed E-state index contributed by atoms with van der Waals surface area (Å²) in [4.78, 5) is 0.0687. The lowest BCUT2D eigenvalue weighted by molar-refractivity contribution is 0.402. The van der Waals surface area contributed by atoms with E-state index in [1.54, 1.807) is 17.8 Å². The Morgan fingerprint density at radius 2 is 2.24 bits per heavy atom. The molecule has 0 bridgehead atoms. The molecular formula is C12H17BrN2O3S3. The first-order valence-electron chi connectivity index (χ1n) is 6.26. The van der Waals surface area contributed by atoms with Crippen LogP contribution in [0.4, 0.5) is 5.69 Å². The Morgan fingerprint density at radius 3 is 2.86 bits per heavy atom. The Morgan fingerprint density at radius 1 is 1.48 bits per heavy atom. The number of nitrogens with two attached hydrogens (primary N) is 1. The molecule has 1 fully saturated rings. The maximum atomic E-state index is 12.4. The topological polar surface area (TPSA) is 81.4 Å². The van der Waals surface area contributed by atoms with E-state index >= 15 is 0 Å². The number of benzene rings is 1. The normalized spacial score (nSPS) is 19.4. The molecule has 118 valence electrons. The average Bonchev–Trinajstić information content (AvgIpc) is 2.48. The van der Waals surface area contributed by atoms with Gasteiger partial charge in [-0.25, -0.2) is 13.1 Å². The van der Waals surface area contributed by atoms with Gasteiger partial charge >= 0.3 is 0 Å². The van der Waals surface area contributed by atoms with Gasteiger partial charge in [0.15, 0.2) is 0 Å². The summed E-state index contributed by atoms with van der Waals surface area (Å²) in [7, 11) is -2.20. The molecule has 2 rings (SSSR count). The fourth-order valence-electron chi connectivity index (χ4n) is 1.86. The van der Waals surface area contributed by atoms with E-state index in [1.807, 2.05) is 11.8 Å². The number of thioether (sulfide) groups is 2. The van der Waals surface area contributed by atoms with Crippen molar-refractivity contribution in [1.29, 1.82) is 0 Å². The van der Waals surface area contributed by atoms with E-state index in [0.29, 0.717) is 22.0 Å². The van der Waals surface area contributed by atoms with Gasteiger partial charge < -0.3 is 10.5 Å². The zero-order valence-electron chi connectivity index (χ0n) is 11.5. The zero-order valence-corrected chi connectivity index (χ0v) is 15.5. The molecule has 9 heteroatoms. The van der Waals surface area contributed by atoms with Crippen molar-refractivity contribution in [3.63, 3.8) is 0 Å². The molecule has 1 saturated heterocycles. The second-order valence-electron chi connectivity index (χ2n) is 4.44. The monoisotopic (exact) mass is 412 g/mol. The highest BCUT2D eigenvalue weighted by molar-refractivity contribution is 9.10. The fourth-order valence-corrected chi connectivity index (χ4v) is 6.16. The van der Waals surface area contributed by atoms with Crippen molar-refractivity contribution in [2.45, 2.75) is 10.1 Å². The Balaban J connectivity index is 2.16. The summed E-state index contributed by atoms with van der Waals surface area (Å²) in [5.74, 6) is 3.43. The van der Waals surface area contributed by atoms with Crippen LogP contribution in [-0.4, -0.2) is 44.6 Å². The number of hydrogen-bond donors (Lipinski definition) is 2. The molecule has 1 unspecified atom stereocenters. The number of halogens is 1. The molecule has 1 atom stereocenters. The van der Waals surface area contributed by atoms with Crippen molar-refractivity contribution < 1.29 is 13.2 Å². The number of methoxy groups -OCH3 is 1. The summed E-state index contributed by atoms with van der Waals surface area (Å²) in [5.41, 5.74) is 6.14. The van der Waals surface area contributed by atoms with Gasteiger partial charge in [0.05, 0.1) is 7.11 Å². The van der Waals surface area contributed by atoms with Crippen LogP contribution in [0.2, 0.25) is 0 Å². The van der Waals surface area contributed by atoms with Gasteiger partial charge in [-0.2, -0.15) is 23.5 Å². The predicted molar refractivity (Wildman–Crippen MR) is 93.9 cm³/mol. The van der Waals surface area contributed by atoms with E-state index in [-0.39, 0.29) is 10.6 Å². The van der Waals surface area contributed by atoms with Gasteiger partial charge in [0.1, 0.15) is 10.6 Å². The first-order chi connectivity index (χ1) is 9.94. The third-order valence-corrected chi connectivity index (χ3v) is 7.93. The standard InChI is InChI=1S/C12H17BrN2O3S3/c1-18-11-4-9(13)10(14)5-12(11)21(16,17)15-6-8-7-19-2-3-20-8/h4-5,8,15H,2-3,6-7,14H2,1H3. The summed E-state index contributed by atoms with van der Waals surface area (Å²) < 4.78 is 33.3. The lowest BCUT2D eigenvalue weighted by Gasteiger charge is -2.21. The molecule has 1 aliphatic rings. The van der Waals surface area contributed by atoms with E-state index in [4.69, 9.17) is 10.5 Å². The number of nitrogens with one attached hydrogen (secondary N) is 1. The van der Waals surface area contributed by atoms with Crippen LogP contribution in [-0.2, 0) is 10.0 Å². The number of sulfonamides is 1. The van der Waals surface area contributed by atoms with Gasteiger partial charge in [-0.05, 0) is 28.1 Å². The number of hydrogen-bond acceptors (Lipinski definition) is 6. The molecule has 0 spiro atoms. The number of anilines is 1. The highest BCUT2D eigenvalue weighted by Gasteiger charge is 2.23. The van der Waals surface area contributed by atoms with Gasteiger partial charge in [-0.3, -0.25) is 0 Å². The van der Waals surface area contributed by atoms with Crippen molar-refractivity contribution in [2.75, 3.05) is 36.6 Å². The first kappa shape index (κ1) is 17.3. The van der Waals surface area contributed by atoms with Gasteiger partial charge in [0.25, 0.3) is 0 Å². The van der Waals surface area contributed by atoms with Crippen molar-refractivity contribution in [3.05, 3.63) is 16.6 Å². The molecule has 21 heavy (non-hydrogen) atoms. The quantitative estimate of drug-likeness (QED) is 0.721. The first-order valence-corrected chi connectivity index (χ1v) is 10.7. The molecule has 0 radical (unpaired) electrons. The summed E-state index contributed by atoms with van der Waals surface area (Å²) >= 11 is 6.92. The van der Waals surface area contributed by atoms with Crippen molar-refractivity contribution in [2.24, 2.45) is 0 Å². The van der Waals surface area contributed by atoms with E-state index in [9.17, 15) is 8.42 Å². The highest BCUT2D eigenvalue weighted by Crippen LogP contribution is 2.32. The van der Waals surface area contributed by atoms with Crippen LogP contribution in [0.1, 0.15) is 0 Å². The van der Waals surface area contributed by atoms with Gasteiger partial charge in [-0.1, -0.05) is 0 Å². The minimum atomic E-state index is -3.64. The molecule has 1 aromatic rings. The fraction of sp³-hybridized carbons (Fsp3) is 0.500. The lowest BCUT2D eigenvalue weighted by atomic mass is 10.3. The zero-order chi connectivity index (χ0) is 15.5. The Kier molecular flexibility index (Phi) is 6.13. The van der Waals surface area contributed by atoms with E-state index in [0.717, 1.165) is 17.3 Å². The average molecular weight is 413 g/mol. The van der Waals surface area contributed by atoms with E-state index in [1.165, 1.54) is 13.2 Å². The highest BCUT2D eigenvalue weighted by atomic mass is 79.9. The second-order valence-corrected chi connectivity index (χ2v) is 9.59. The molecular weight excluding hydrogens is 396 g/mol. The summed E-state index contributed by atoms with van der Waals surface area (Å²) in [6.07, 6.45) is 0. The minimum Gasteiger partial charge on any atom is -0.495 e. The minimum absolute atomic E-state index is 0.0687. The second kappa shape index (κ2) is 7.45. The maximum absolute atomic E-state index is 12.4. The molecule has 1 aromatic carbocycles.